The number of rotatable bonds is 2. The third-order valence-corrected chi connectivity index (χ3v) is 3.18. The quantitative estimate of drug-likeness (QED) is 0.140. The number of nitrogens with zero attached hydrogens (tertiary/aromatic N) is 10. The monoisotopic (exact) mass is 510 g/mol. The second kappa shape index (κ2) is 18.2. The Morgan fingerprint density at radius 1 is 0.419 bits per heavy atom. The van der Waals surface area contributed by atoms with Gasteiger partial charge >= 0.3 is 27.3 Å². The molecule has 0 atom stereocenters. The summed E-state index contributed by atoms with van der Waals surface area (Å²) in [6, 6.07) is 23.2. The van der Waals surface area contributed by atoms with E-state index in [0.29, 0.717) is 0 Å². The Labute approximate surface area is 199 Å². The molecule has 0 aliphatic carbocycles. The molecular weight excluding hydrogens is 493 g/mol. The van der Waals surface area contributed by atoms with Gasteiger partial charge < -0.3 is 22.1 Å². The summed E-state index contributed by atoms with van der Waals surface area (Å²) in [5.41, 5.74) is 30.7. The van der Waals surface area contributed by atoms with E-state index in [0.717, 1.165) is 22.8 Å². The Kier molecular flexibility index (Phi) is 15.9. The molecule has 0 aliphatic rings. The van der Waals surface area contributed by atoms with E-state index in [-0.39, 0.29) is 27.3 Å². The third kappa shape index (κ3) is 11.7. The van der Waals surface area contributed by atoms with Gasteiger partial charge in [-0.15, -0.1) is 0 Å². The Morgan fingerprint density at radius 3 is 0.742 bits per heavy atom. The van der Waals surface area contributed by atoms with Crippen molar-refractivity contribution in [2.45, 2.75) is 0 Å². The van der Waals surface area contributed by atoms with Gasteiger partial charge in [-0.25, -0.2) is 0 Å². The van der Waals surface area contributed by atoms with E-state index in [9.17, 15) is 0 Å². The molecule has 0 unspecified atom stereocenters. The van der Waals surface area contributed by atoms with Crippen LogP contribution in [0.2, 0.25) is 0 Å². The number of pyridine rings is 4. The van der Waals surface area contributed by atoms with Crippen molar-refractivity contribution in [3.05, 3.63) is 130 Å². The average molecular weight is 509 g/mol. The van der Waals surface area contributed by atoms with Gasteiger partial charge in [-0.2, -0.15) is 0 Å². The zero-order chi connectivity index (χ0) is 21.9. The zero-order valence-corrected chi connectivity index (χ0v) is 20.5. The fourth-order valence-electron chi connectivity index (χ4n) is 2.06. The first-order valence-corrected chi connectivity index (χ1v) is 8.38. The smallest absolute Gasteiger partial charge is 0.373 e. The van der Waals surface area contributed by atoms with Crippen molar-refractivity contribution in [3.63, 3.8) is 0 Å². The SMILES string of the molecule is [Cd+2].[N-]=[N+]=[N-].[N-]=[N+]=[N-].c1ccc(-c2ccccn2)nc1.c1ccc(-c2ccccn2)nc1. The largest absolute Gasteiger partial charge is 2.00 e. The molecule has 0 spiro atoms. The first kappa shape index (κ1) is 27.1. The summed E-state index contributed by atoms with van der Waals surface area (Å²) in [7, 11) is 0. The standard InChI is InChI=1S/2C10H8N2.Cd.2N3/c2*1-3-7-11-9(5-1)10-6-2-4-8-12-10;;2*1-3-2/h2*1-8H;;;/q;;+2;2*-1. The number of hydrogen-bond donors (Lipinski definition) is 0. The van der Waals surface area contributed by atoms with E-state index in [4.69, 9.17) is 22.1 Å². The summed E-state index contributed by atoms with van der Waals surface area (Å²) in [6.45, 7) is 0. The fourth-order valence-corrected chi connectivity index (χ4v) is 2.06. The van der Waals surface area contributed by atoms with Crippen LogP contribution in [-0.2, 0) is 27.3 Å². The van der Waals surface area contributed by atoms with Crippen LogP contribution in [0.1, 0.15) is 0 Å². The minimum Gasteiger partial charge on any atom is -0.373 e. The molecule has 0 amide bonds. The number of hydrogen-bond acceptors (Lipinski definition) is 4. The molecule has 0 saturated heterocycles. The van der Waals surface area contributed by atoms with Crippen LogP contribution in [0, 0.1) is 0 Å². The van der Waals surface area contributed by atoms with Crippen LogP contribution in [0.15, 0.2) is 97.6 Å². The molecule has 4 aromatic rings. The van der Waals surface area contributed by atoms with Gasteiger partial charge in [0.1, 0.15) is 0 Å². The average Bonchev–Trinajstić information content (AvgIpc) is 2.83. The van der Waals surface area contributed by atoms with E-state index >= 15 is 0 Å². The van der Waals surface area contributed by atoms with Crippen molar-refractivity contribution >= 4 is 0 Å². The summed E-state index contributed by atoms with van der Waals surface area (Å²) in [6.07, 6.45) is 7.07. The molecule has 11 heteroatoms. The molecular formula is C20H16CdN10. The molecule has 4 rings (SSSR count). The maximum absolute atomic E-state index is 6.75. The predicted octanol–water partition coefficient (Wildman–Crippen LogP) is 6.02. The second-order valence-electron chi connectivity index (χ2n) is 5.04. The van der Waals surface area contributed by atoms with Crippen LogP contribution >= 0.6 is 0 Å². The molecule has 0 N–H and O–H groups in total. The van der Waals surface area contributed by atoms with Gasteiger partial charge in [-0.3, -0.25) is 29.8 Å². The summed E-state index contributed by atoms with van der Waals surface area (Å²) in [5, 5.41) is 0. The van der Waals surface area contributed by atoms with Gasteiger partial charge in [-0.1, -0.05) is 24.3 Å². The van der Waals surface area contributed by atoms with Crippen LogP contribution in [0.25, 0.3) is 54.7 Å². The molecule has 4 heterocycles. The van der Waals surface area contributed by atoms with E-state index in [2.05, 4.69) is 19.9 Å². The second-order valence-corrected chi connectivity index (χ2v) is 5.04. The summed E-state index contributed by atoms with van der Waals surface area (Å²) < 4.78 is 0. The van der Waals surface area contributed by atoms with Gasteiger partial charge in [0.2, 0.25) is 0 Å². The number of aromatic nitrogens is 4. The summed E-state index contributed by atoms with van der Waals surface area (Å²) in [5.74, 6) is 0. The fraction of sp³-hybridized carbons (Fsp3) is 0. The van der Waals surface area contributed by atoms with E-state index < -0.39 is 0 Å². The Hall–Kier alpha value is -3.86. The molecule has 10 nitrogen and oxygen atoms in total. The van der Waals surface area contributed by atoms with Gasteiger partial charge in [0.05, 0.1) is 22.8 Å². The predicted molar refractivity (Wildman–Crippen MR) is 115 cm³/mol. The van der Waals surface area contributed by atoms with Gasteiger partial charge in [0, 0.05) is 24.8 Å². The topological polar surface area (TPSA) is 169 Å². The van der Waals surface area contributed by atoms with Gasteiger partial charge in [0.15, 0.2) is 0 Å². The zero-order valence-electron chi connectivity index (χ0n) is 16.4. The molecule has 0 saturated carbocycles. The molecule has 0 aromatic carbocycles. The maximum atomic E-state index is 6.75. The first-order valence-electron chi connectivity index (χ1n) is 8.38. The molecule has 148 valence electrons. The maximum Gasteiger partial charge on any atom is 2.00 e. The first-order chi connectivity index (χ1) is 14.8. The minimum atomic E-state index is 0. The molecule has 31 heavy (non-hydrogen) atoms. The Morgan fingerprint density at radius 2 is 0.613 bits per heavy atom. The summed E-state index contributed by atoms with van der Waals surface area (Å²) >= 11 is 0. The van der Waals surface area contributed by atoms with Crippen molar-refractivity contribution in [2.24, 2.45) is 0 Å². The van der Waals surface area contributed by atoms with Crippen LogP contribution in [0.4, 0.5) is 0 Å². The van der Waals surface area contributed by atoms with Crippen molar-refractivity contribution in [1.29, 1.82) is 0 Å². The normalized spacial score (nSPS) is 8.00. The van der Waals surface area contributed by atoms with Crippen LogP contribution in [0.5, 0.6) is 0 Å². The van der Waals surface area contributed by atoms with Crippen molar-refractivity contribution < 1.29 is 27.3 Å². The van der Waals surface area contributed by atoms with Crippen molar-refractivity contribution in [2.75, 3.05) is 0 Å². The van der Waals surface area contributed by atoms with Crippen LogP contribution in [-0.4, -0.2) is 19.9 Å². The third-order valence-electron chi connectivity index (χ3n) is 3.18. The minimum absolute atomic E-state index is 0. The molecule has 0 aliphatic heterocycles. The van der Waals surface area contributed by atoms with Crippen LogP contribution < -0.4 is 0 Å². The molecule has 4 aromatic heterocycles. The van der Waals surface area contributed by atoms with Crippen molar-refractivity contribution in [3.8, 4) is 22.8 Å². The van der Waals surface area contributed by atoms with Gasteiger partial charge in [-0.05, 0) is 48.5 Å². The van der Waals surface area contributed by atoms with Crippen LogP contribution in [0.3, 0.4) is 0 Å². The molecule has 0 radical (unpaired) electrons. The van der Waals surface area contributed by atoms with Crippen molar-refractivity contribution in [1.82, 2.24) is 19.9 Å². The van der Waals surface area contributed by atoms with E-state index in [1.807, 2.05) is 72.8 Å². The van der Waals surface area contributed by atoms with E-state index in [1.54, 1.807) is 24.8 Å². The Bertz CT molecular complexity index is 859. The molecule has 0 fully saturated rings. The van der Waals surface area contributed by atoms with E-state index in [1.165, 1.54) is 9.82 Å². The molecule has 0 bridgehead atoms. The summed E-state index contributed by atoms with van der Waals surface area (Å²) in [4.78, 5) is 19.7. The Balaban J connectivity index is 0.000000453. The van der Waals surface area contributed by atoms with Gasteiger partial charge in [0.25, 0.3) is 0 Å².